The lowest BCUT2D eigenvalue weighted by Gasteiger charge is -2.34. The number of likely N-dealkylation sites (tertiary alicyclic amines) is 1. The molecule has 94 valence electrons. The Morgan fingerprint density at radius 1 is 1.12 bits per heavy atom. The van der Waals surface area contributed by atoms with Gasteiger partial charge in [0, 0.05) is 18.6 Å². The minimum atomic E-state index is 0.546. The maximum Gasteiger partial charge on any atom is 0.0249 e. The normalized spacial score (nSPS) is 36.2. The Balaban J connectivity index is 2.00. The van der Waals surface area contributed by atoms with E-state index in [1.165, 1.54) is 51.6 Å². The van der Waals surface area contributed by atoms with Crippen molar-refractivity contribution >= 4 is 0 Å². The third-order valence-electron chi connectivity index (χ3n) is 4.53. The van der Waals surface area contributed by atoms with Gasteiger partial charge in [-0.3, -0.25) is 4.90 Å². The zero-order chi connectivity index (χ0) is 11.6. The van der Waals surface area contributed by atoms with Crippen molar-refractivity contribution in [3.8, 4) is 0 Å². The van der Waals surface area contributed by atoms with E-state index < -0.39 is 0 Å². The van der Waals surface area contributed by atoms with Crippen LogP contribution in [0.25, 0.3) is 0 Å². The van der Waals surface area contributed by atoms with Gasteiger partial charge in [-0.2, -0.15) is 0 Å². The van der Waals surface area contributed by atoms with Crippen molar-refractivity contribution < 1.29 is 0 Å². The first-order chi connectivity index (χ1) is 7.62. The summed E-state index contributed by atoms with van der Waals surface area (Å²) in [6.07, 6.45) is 8.44. The van der Waals surface area contributed by atoms with Crippen molar-refractivity contribution in [2.45, 2.75) is 64.5 Å². The van der Waals surface area contributed by atoms with E-state index in [0.717, 1.165) is 12.1 Å². The molecule has 0 amide bonds. The maximum absolute atomic E-state index is 3.56. The van der Waals surface area contributed by atoms with Crippen LogP contribution in [0.4, 0.5) is 0 Å². The molecule has 0 aromatic carbocycles. The fraction of sp³-hybridized carbons (Fsp3) is 1.00. The van der Waals surface area contributed by atoms with Crippen LogP contribution < -0.4 is 5.32 Å². The highest BCUT2D eigenvalue weighted by Gasteiger charge is 2.36. The van der Waals surface area contributed by atoms with Gasteiger partial charge in [-0.05, 0) is 38.3 Å². The lowest BCUT2D eigenvalue weighted by Crippen LogP contribution is -2.48. The summed E-state index contributed by atoms with van der Waals surface area (Å²) in [5.41, 5.74) is 0.546. The molecule has 0 bridgehead atoms. The molecule has 1 N–H and O–H groups in total. The Labute approximate surface area is 101 Å². The molecule has 1 saturated heterocycles. The van der Waals surface area contributed by atoms with E-state index in [1.54, 1.807) is 0 Å². The minimum Gasteiger partial charge on any atom is -0.315 e. The topological polar surface area (TPSA) is 15.3 Å². The molecule has 16 heavy (non-hydrogen) atoms. The molecule has 2 nitrogen and oxygen atoms in total. The van der Waals surface area contributed by atoms with Gasteiger partial charge in [-0.25, -0.2) is 0 Å². The van der Waals surface area contributed by atoms with Crippen LogP contribution in [-0.4, -0.2) is 37.1 Å². The van der Waals surface area contributed by atoms with Crippen LogP contribution >= 0.6 is 0 Å². The van der Waals surface area contributed by atoms with Gasteiger partial charge in [0.2, 0.25) is 0 Å². The lowest BCUT2D eigenvalue weighted by atomic mass is 9.93. The zero-order valence-electron chi connectivity index (χ0n) is 11.3. The van der Waals surface area contributed by atoms with Crippen molar-refractivity contribution in [3.63, 3.8) is 0 Å². The van der Waals surface area contributed by atoms with Crippen LogP contribution in [0.1, 0.15) is 52.4 Å². The van der Waals surface area contributed by atoms with Crippen LogP contribution in [0, 0.1) is 5.41 Å². The minimum absolute atomic E-state index is 0.546. The Morgan fingerprint density at radius 3 is 2.50 bits per heavy atom. The molecule has 2 aliphatic rings. The second-order valence-corrected chi connectivity index (χ2v) is 6.49. The van der Waals surface area contributed by atoms with E-state index in [1.807, 2.05) is 0 Å². The number of likely N-dealkylation sites (N-methyl/N-ethyl adjacent to an activating group) is 1. The number of rotatable bonds is 2. The van der Waals surface area contributed by atoms with Gasteiger partial charge in [-0.1, -0.05) is 33.1 Å². The first kappa shape index (κ1) is 12.4. The Bertz CT molecular complexity index is 225. The molecule has 2 heteroatoms. The summed E-state index contributed by atoms with van der Waals surface area (Å²) in [5, 5.41) is 3.56. The molecular weight excluding hydrogens is 196 g/mol. The average Bonchev–Trinajstić information content (AvgIpc) is 2.50. The molecule has 0 aromatic rings. The summed E-state index contributed by atoms with van der Waals surface area (Å²) in [7, 11) is 2.14. The van der Waals surface area contributed by atoms with Gasteiger partial charge in [0.25, 0.3) is 0 Å². The summed E-state index contributed by atoms with van der Waals surface area (Å²) >= 11 is 0. The van der Waals surface area contributed by atoms with E-state index in [4.69, 9.17) is 0 Å². The standard InChI is InChI=1S/C14H28N2/c1-14(2)9-10-16(11-14)13-8-6-4-5-7-12(13)15-3/h12-13,15H,4-11H2,1-3H3. The largest absolute Gasteiger partial charge is 0.315 e. The van der Waals surface area contributed by atoms with E-state index in [0.29, 0.717) is 5.41 Å². The number of hydrogen-bond acceptors (Lipinski definition) is 2. The molecule has 0 aromatic heterocycles. The van der Waals surface area contributed by atoms with Gasteiger partial charge in [0.1, 0.15) is 0 Å². The van der Waals surface area contributed by atoms with Gasteiger partial charge in [0.15, 0.2) is 0 Å². The maximum atomic E-state index is 3.56. The van der Waals surface area contributed by atoms with Gasteiger partial charge in [0.05, 0.1) is 0 Å². The van der Waals surface area contributed by atoms with Crippen LogP contribution in [-0.2, 0) is 0 Å². The van der Waals surface area contributed by atoms with E-state index in [9.17, 15) is 0 Å². The molecule has 2 rings (SSSR count). The molecule has 0 radical (unpaired) electrons. The van der Waals surface area contributed by atoms with Crippen LogP contribution in [0.2, 0.25) is 0 Å². The predicted molar refractivity (Wildman–Crippen MR) is 69.7 cm³/mol. The first-order valence-electron chi connectivity index (χ1n) is 7.04. The molecule has 1 aliphatic carbocycles. The molecule has 2 fully saturated rings. The quantitative estimate of drug-likeness (QED) is 0.725. The zero-order valence-corrected chi connectivity index (χ0v) is 11.3. The van der Waals surface area contributed by atoms with Crippen LogP contribution in [0.5, 0.6) is 0 Å². The van der Waals surface area contributed by atoms with Gasteiger partial charge >= 0.3 is 0 Å². The molecule has 1 saturated carbocycles. The molecule has 2 unspecified atom stereocenters. The fourth-order valence-electron chi connectivity index (χ4n) is 3.50. The second kappa shape index (κ2) is 5.05. The Hall–Kier alpha value is -0.0800. The molecular formula is C14H28N2. The summed E-state index contributed by atoms with van der Waals surface area (Å²) in [5.74, 6) is 0. The third-order valence-corrected chi connectivity index (χ3v) is 4.53. The highest BCUT2D eigenvalue weighted by Crippen LogP contribution is 2.33. The lowest BCUT2D eigenvalue weighted by molar-refractivity contribution is 0.169. The SMILES string of the molecule is CNC1CCCCCC1N1CCC(C)(C)C1. The second-order valence-electron chi connectivity index (χ2n) is 6.49. The number of hydrogen-bond donors (Lipinski definition) is 1. The summed E-state index contributed by atoms with van der Waals surface area (Å²) in [6.45, 7) is 7.45. The van der Waals surface area contributed by atoms with Gasteiger partial charge < -0.3 is 5.32 Å². The fourth-order valence-corrected chi connectivity index (χ4v) is 3.50. The number of nitrogens with zero attached hydrogens (tertiary/aromatic N) is 1. The number of nitrogens with one attached hydrogen (secondary N) is 1. The summed E-state index contributed by atoms with van der Waals surface area (Å²) in [4.78, 5) is 2.76. The van der Waals surface area contributed by atoms with Crippen molar-refractivity contribution in [1.82, 2.24) is 10.2 Å². The predicted octanol–water partition coefficient (Wildman–Crippen LogP) is 2.64. The smallest absolute Gasteiger partial charge is 0.0249 e. The van der Waals surface area contributed by atoms with Crippen LogP contribution in [0.15, 0.2) is 0 Å². The molecule has 0 spiro atoms. The van der Waals surface area contributed by atoms with Gasteiger partial charge in [-0.15, -0.1) is 0 Å². The molecule has 2 atom stereocenters. The monoisotopic (exact) mass is 224 g/mol. The first-order valence-corrected chi connectivity index (χ1v) is 7.04. The summed E-state index contributed by atoms with van der Waals surface area (Å²) < 4.78 is 0. The van der Waals surface area contributed by atoms with Crippen molar-refractivity contribution in [1.29, 1.82) is 0 Å². The van der Waals surface area contributed by atoms with E-state index in [-0.39, 0.29) is 0 Å². The van der Waals surface area contributed by atoms with Crippen molar-refractivity contribution in [3.05, 3.63) is 0 Å². The highest BCUT2D eigenvalue weighted by atomic mass is 15.2. The Morgan fingerprint density at radius 2 is 1.88 bits per heavy atom. The average molecular weight is 224 g/mol. The van der Waals surface area contributed by atoms with E-state index >= 15 is 0 Å². The highest BCUT2D eigenvalue weighted by molar-refractivity contribution is 4.92. The van der Waals surface area contributed by atoms with Crippen molar-refractivity contribution in [2.24, 2.45) is 5.41 Å². The molecule has 1 heterocycles. The van der Waals surface area contributed by atoms with Crippen molar-refractivity contribution in [2.75, 3.05) is 20.1 Å². The molecule has 1 aliphatic heterocycles. The third kappa shape index (κ3) is 2.78. The Kier molecular flexibility index (Phi) is 3.91. The van der Waals surface area contributed by atoms with E-state index in [2.05, 4.69) is 31.1 Å². The van der Waals surface area contributed by atoms with Crippen LogP contribution in [0.3, 0.4) is 0 Å². The summed E-state index contributed by atoms with van der Waals surface area (Å²) in [6, 6.07) is 1.53.